The number of carbonyl (C=O) groups is 1. The van der Waals surface area contributed by atoms with Gasteiger partial charge in [-0.15, -0.1) is 0 Å². The number of rotatable bonds is 6. The van der Waals surface area contributed by atoms with Crippen LogP contribution in [0.1, 0.15) is 32.3 Å². The van der Waals surface area contributed by atoms with Crippen LogP contribution >= 0.6 is 0 Å². The van der Waals surface area contributed by atoms with E-state index in [0.29, 0.717) is 6.54 Å². The summed E-state index contributed by atoms with van der Waals surface area (Å²) in [7, 11) is 1.90. The van der Waals surface area contributed by atoms with Gasteiger partial charge in [-0.3, -0.25) is 4.79 Å². The first-order valence-corrected chi connectivity index (χ1v) is 8.32. The van der Waals surface area contributed by atoms with Crippen molar-refractivity contribution in [3.63, 3.8) is 0 Å². The van der Waals surface area contributed by atoms with Crippen molar-refractivity contribution in [2.24, 2.45) is 5.92 Å². The van der Waals surface area contributed by atoms with E-state index < -0.39 is 0 Å². The fraction of sp³-hybridized carbons (Fsp3) is 0.611. The van der Waals surface area contributed by atoms with Crippen molar-refractivity contribution in [3.05, 3.63) is 29.8 Å². The van der Waals surface area contributed by atoms with Crippen molar-refractivity contribution in [3.8, 4) is 0 Å². The smallest absolute Gasteiger partial charge is 0.225 e. The highest BCUT2D eigenvalue weighted by Gasteiger charge is 2.18. The van der Waals surface area contributed by atoms with E-state index in [1.54, 1.807) is 0 Å². The number of hydrogen-bond acceptors (Lipinski definition) is 3. The molecule has 0 aliphatic carbocycles. The SMILES string of the molecule is CCC(CC)C(=O)N(C)Cc1ccc(N2CCOCC2)cc1. The number of hydrogen-bond donors (Lipinski definition) is 0. The highest BCUT2D eigenvalue weighted by molar-refractivity contribution is 5.78. The summed E-state index contributed by atoms with van der Waals surface area (Å²) in [6, 6.07) is 8.55. The Morgan fingerprint density at radius 2 is 1.77 bits per heavy atom. The van der Waals surface area contributed by atoms with Crippen LogP contribution in [0, 0.1) is 5.92 Å². The lowest BCUT2D eigenvalue weighted by Crippen LogP contribution is -2.36. The van der Waals surface area contributed by atoms with Gasteiger partial charge < -0.3 is 14.5 Å². The standard InChI is InChI=1S/C18H28N2O2/c1-4-16(5-2)18(21)19(3)14-15-6-8-17(9-7-15)20-10-12-22-13-11-20/h6-9,16H,4-5,10-14H2,1-3H3. The lowest BCUT2D eigenvalue weighted by atomic mass is 10.0. The second-order valence-corrected chi connectivity index (χ2v) is 5.97. The van der Waals surface area contributed by atoms with Crippen LogP contribution in [0.4, 0.5) is 5.69 Å². The Balaban J connectivity index is 1.94. The molecule has 1 heterocycles. The number of carbonyl (C=O) groups excluding carboxylic acids is 1. The molecule has 22 heavy (non-hydrogen) atoms. The number of morpholine rings is 1. The second-order valence-electron chi connectivity index (χ2n) is 5.97. The van der Waals surface area contributed by atoms with Crippen molar-refractivity contribution in [2.45, 2.75) is 33.2 Å². The predicted molar refractivity (Wildman–Crippen MR) is 90.0 cm³/mol. The maximum atomic E-state index is 12.3. The highest BCUT2D eigenvalue weighted by Crippen LogP contribution is 2.18. The highest BCUT2D eigenvalue weighted by atomic mass is 16.5. The van der Waals surface area contributed by atoms with Gasteiger partial charge in [-0.2, -0.15) is 0 Å². The van der Waals surface area contributed by atoms with Crippen LogP contribution in [0.2, 0.25) is 0 Å². The van der Waals surface area contributed by atoms with Crippen LogP contribution in [-0.4, -0.2) is 44.2 Å². The minimum atomic E-state index is 0.151. The average Bonchev–Trinajstić information content (AvgIpc) is 2.57. The zero-order valence-electron chi connectivity index (χ0n) is 14.0. The molecule has 0 bridgehead atoms. The Bertz CT molecular complexity index is 462. The van der Waals surface area contributed by atoms with Crippen LogP contribution in [0.3, 0.4) is 0 Å². The minimum absolute atomic E-state index is 0.151. The molecule has 0 radical (unpaired) electrons. The van der Waals surface area contributed by atoms with Crippen LogP contribution in [0.15, 0.2) is 24.3 Å². The van der Waals surface area contributed by atoms with E-state index in [0.717, 1.165) is 39.1 Å². The first kappa shape index (κ1) is 16.8. The van der Waals surface area contributed by atoms with Gasteiger partial charge in [0.2, 0.25) is 5.91 Å². The van der Waals surface area contributed by atoms with Crippen molar-refractivity contribution in [2.75, 3.05) is 38.3 Å². The minimum Gasteiger partial charge on any atom is -0.378 e. The molecule has 1 amide bonds. The van der Waals surface area contributed by atoms with E-state index in [4.69, 9.17) is 4.74 Å². The summed E-state index contributed by atoms with van der Waals surface area (Å²) in [5, 5.41) is 0. The molecule has 1 fully saturated rings. The lowest BCUT2D eigenvalue weighted by molar-refractivity contribution is -0.134. The van der Waals surface area contributed by atoms with E-state index in [1.165, 1.54) is 11.3 Å². The van der Waals surface area contributed by atoms with E-state index in [1.807, 2.05) is 11.9 Å². The molecule has 4 heteroatoms. The van der Waals surface area contributed by atoms with Crippen LogP contribution in [0.25, 0.3) is 0 Å². The molecule has 0 aromatic heterocycles. The fourth-order valence-corrected chi connectivity index (χ4v) is 2.94. The molecular weight excluding hydrogens is 276 g/mol. The van der Waals surface area contributed by atoms with Crippen molar-refractivity contribution in [1.29, 1.82) is 0 Å². The molecule has 1 aromatic carbocycles. The molecule has 4 nitrogen and oxygen atoms in total. The predicted octanol–water partition coefficient (Wildman–Crippen LogP) is 2.92. The molecule has 2 rings (SSSR count). The second kappa shape index (κ2) is 8.18. The van der Waals surface area contributed by atoms with Gasteiger partial charge in [-0.25, -0.2) is 0 Å². The maximum Gasteiger partial charge on any atom is 0.225 e. The summed E-state index contributed by atoms with van der Waals surface area (Å²) in [5.41, 5.74) is 2.42. The topological polar surface area (TPSA) is 32.8 Å². The van der Waals surface area contributed by atoms with Crippen LogP contribution < -0.4 is 4.90 Å². The number of ether oxygens (including phenoxy) is 1. The third kappa shape index (κ3) is 4.23. The summed E-state index contributed by atoms with van der Waals surface area (Å²) in [6.07, 6.45) is 1.82. The van der Waals surface area contributed by atoms with Gasteiger partial charge in [-0.05, 0) is 30.5 Å². The quantitative estimate of drug-likeness (QED) is 0.810. The molecular formula is C18H28N2O2. The van der Waals surface area contributed by atoms with E-state index in [9.17, 15) is 4.79 Å². The van der Waals surface area contributed by atoms with Gasteiger partial charge in [0.05, 0.1) is 13.2 Å². The first-order valence-electron chi connectivity index (χ1n) is 8.32. The van der Waals surface area contributed by atoms with Gasteiger partial charge >= 0.3 is 0 Å². The molecule has 0 atom stereocenters. The molecule has 122 valence electrons. The lowest BCUT2D eigenvalue weighted by Gasteiger charge is -2.29. The molecule has 1 aromatic rings. The number of nitrogens with zero attached hydrogens (tertiary/aromatic N) is 2. The van der Waals surface area contributed by atoms with Gasteiger partial charge in [0.15, 0.2) is 0 Å². The Hall–Kier alpha value is -1.55. The summed E-state index contributed by atoms with van der Waals surface area (Å²) in [5.74, 6) is 0.403. The van der Waals surface area contributed by atoms with Crippen LogP contribution in [0.5, 0.6) is 0 Å². The van der Waals surface area contributed by atoms with Gasteiger partial charge in [0.25, 0.3) is 0 Å². The molecule has 0 saturated carbocycles. The summed E-state index contributed by atoms with van der Waals surface area (Å²) < 4.78 is 5.38. The molecule has 0 unspecified atom stereocenters. The molecule has 0 spiro atoms. The number of anilines is 1. The van der Waals surface area contributed by atoms with Crippen molar-refractivity contribution >= 4 is 11.6 Å². The Labute approximate surface area is 134 Å². The summed E-state index contributed by atoms with van der Waals surface area (Å²) >= 11 is 0. The summed E-state index contributed by atoms with van der Waals surface area (Å²) in [6.45, 7) is 8.34. The molecule has 1 aliphatic heterocycles. The van der Waals surface area contributed by atoms with Gasteiger partial charge in [0.1, 0.15) is 0 Å². The fourth-order valence-electron chi connectivity index (χ4n) is 2.94. The van der Waals surface area contributed by atoms with Crippen LogP contribution in [-0.2, 0) is 16.1 Å². The molecule has 1 saturated heterocycles. The normalized spacial score (nSPS) is 15.2. The van der Waals surface area contributed by atoms with Gasteiger partial charge in [-0.1, -0.05) is 26.0 Å². The first-order chi connectivity index (χ1) is 10.7. The Morgan fingerprint density at radius 3 is 2.32 bits per heavy atom. The molecule has 1 aliphatic rings. The van der Waals surface area contributed by atoms with Gasteiger partial charge in [0, 0.05) is 38.3 Å². The largest absolute Gasteiger partial charge is 0.378 e. The van der Waals surface area contributed by atoms with E-state index >= 15 is 0 Å². The average molecular weight is 304 g/mol. The monoisotopic (exact) mass is 304 g/mol. The van der Waals surface area contributed by atoms with Crippen molar-refractivity contribution in [1.82, 2.24) is 4.90 Å². The zero-order valence-corrected chi connectivity index (χ0v) is 14.0. The summed E-state index contributed by atoms with van der Waals surface area (Å²) in [4.78, 5) is 16.5. The molecule has 0 N–H and O–H groups in total. The third-order valence-electron chi connectivity index (χ3n) is 4.44. The number of amides is 1. The maximum absolute atomic E-state index is 12.3. The number of benzene rings is 1. The van der Waals surface area contributed by atoms with E-state index in [2.05, 4.69) is 43.0 Å². The Kier molecular flexibility index (Phi) is 6.25. The third-order valence-corrected chi connectivity index (χ3v) is 4.44. The Morgan fingerprint density at radius 1 is 1.18 bits per heavy atom. The zero-order chi connectivity index (χ0) is 15.9. The van der Waals surface area contributed by atoms with E-state index in [-0.39, 0.29) is 11.8 Å². The van der Waals surface area contributed by atoms with Crippen molar-refractivity contribution < 1.29 is 9.53 Å².